The highest BCUT2D eigenvalue weighted by atomic mass is 16.8. The third-order valence-corrected chi connectivity index (χ3v) is 1.46. The molecule has 2 aliphatic heterocycles. The fraction of sp³-hybridized carbons (Fsp3) is 0.600. The van der Waals surface area contributed by atoms with E-state index in [1.54, 1.807) is 0 Å². The van der Waals surface area contributed by atoms with Crippen LogP contribution < -0.4 is 10.6 Å². The molecular formula is C5H6N2O4. The quantitative estimate of drug-likeness (QED) is 0.395. The van der Waals surface area contributed by atoms with Gasteiger partial charge >= 0.3 is 17.8 Å². The van der Waals surface area contributed by atoms with Crippen LogP contribution in [-0.4, -0.2) is 31.1 Å². The molecule has 2 fully saturated rings. The second kappa shape index (κ2) is 1.93. The Bertz CT molecular complexity index is 203. The van der Waals surface area contributed by atoms with Crippen molar-refractivity contribution >= 4 is 11.8 Å². The van der Waals surface area contributed by atoms with E-state index in [2.05, 4.69) is 10.6 Å². The van der Waals surface area contributed by atoms with Crippen molar-refractivity contribution in [2.45, 2.75) is 6.03 Å². The molecule has 0 aromatic rings. The monoisotopic (exact) mass is 158 g/mol. The van der Waals surface area contributed by atoms with E-state index in [9.17, 15) is 9.59 Å². The largest absolute Gasteiger partial charge is 0.343 e. The van der Waals surface area contributed by atoms with Crippen molar-refractivity contribution in [3.05, 3.63) is 0 Å². The Morgan fingerprint density at radius 3 is 2.00 bits per heavy atom. The zero-order valence-electron chi connectivity index (χ0n) is 5.55. The van der Waals surface area contributed by atoms with Gasteiger partial charge in [-0.25, -0.2) is 0 Å². The lowest BCUT2D eigenvalue weighted by molar-refractivity contribution is -0.187. The lowest BCUT2D eigenvalue weighted by atomic mass is 10.6. The molecule has 2 saturated heterocycles. The van der Waals surface area contributed by atoms with Crippen LogP contribution in [0.3, 0.4) is 0 Å². The molecule has 6 nitrogen and oxygen atoms in total. The molecule has 6 heteroatoms. The van der Waals surface area contributed by atoms with Crippen molar-refractivity contribution in [1.29, 1.82) is 0 Å². The van der Waals surface area contributed by atoms with Crippen LogP contribution in [0.2, 0.25) is 0 Å². The molecule has 2 amide bonds. The van der Waals surface area contributed by atoms with Gasteiger partial charge in [0.2, 0.25) is 0 Å². The molecular weight excluding hydrogens is 152 g/mol. The molecule has 1 spiro atoms. The number of hydrogen-bond acceptors (Lipinski definition) is 4. The van der Waals surface area contributed by atoms with Gasteiger partial charge in [-0.15, -0.1) is 0 Å². The van der Waals surface area contributed by atoms with E-state index >= 15 is 0 Å². The third kappa shape index (κ3) is 0.873. The first-order valence-corrected chi connectivity index (χ1v) is 3.14. The summed E-state index contributed by atoms with van der Waals surface area (Å²) < 4.78 is 9.91. The van der Waals surface area contributed by atoms with Crippen molar-refractivity contribution in [2.24, 2.45) is 0 Å². The summed E-state index contributed by atoms with van der Waals surface area (Å²) in [5, 5.41) is 4.47. The molecule has 0 aromatic heterocycles. The molecule has 0 aliphatic carbocycles. The van der Waals surface area contributed by atoms with Gasteiger partial charge in [0.15, 0.2) is 0 Å². The number of amides is 2. The lowest BCUT2D eigenvalue weighted by Crippen LogP contribution is -2.51. The smallest absolute Gasteiger partial charge is 0.313 e. The maximum absolute atomic E-state index is 10.7. The minimum Gasteiger partial charge on any atom is -0.313 e. The van der Waals surface area contributed by atoms with E-state index in [1.807, 2.05) is 0 Å². The third-order valence-electron chi connectivity index (χ3n) is 1.46. The summed E-state index contributed by atoms with van der Waals surface area (Å²) in [6, 6.07) is -1.37. The van der Waals surface area contributed by atoms with Gasteiger partial charge in [0.05, 0.1) is 13.2 Å². The molecule has 0 aromatic carbocycles. The van der Waals surface area contributed by atoms with E-state index in [-0.39, 0.29) is 0 Å². The first kappa shape index (κ1) is 6.56. The Balaban J connectivity index is 2.18. The van der Waals surface area contributed by atoms with E-state index in [4.69, 9.17) is 9.47 Å². The normalized spacial score (nSPS) is 27.3. The van der Waals surface area contributed by atoms with Gasteiger partial charge in [-0.3, -0.25) is 20.2 Å². The molecule has 2 rings (SSSR count). The number of carbonyl (C=O) groups is 2. The fourth-order valence-electron chi connectivity index (χ4n) is 1.00. The summed E-state index contributed by atoms with van der Waals surface area (Å²) in [5.74, 6) is -1.46. The molecule has 2 heterocycles. The maximum atomic E-state index is 10.7. The van der Waals surface area contributed by atoms with Crippen LogP contribution in [0.5, 0.6) is 0 Å². The SMILES string of the molecule is O=C1NC2(NC1=O)OCCO2. The van der Waals surface area contributed by atoms with E-state index in [0.717, 1.165) is 0 Å². The molecule has 0 bridgehead atoms. The van der Waals surface area contributed by atoms with Crippen molar-refractivity contribution in [1.82, 2.24) is 10.6 Å². The summed E-state index contributed by atoms with van der Waals surface area (Å²) in [4.78, 5) is 21.3. The summed E-state index contributed by atoms with van der Waals surface area (Å²) in [7, 11) is 0. The molecule has 0 saturated carbocycles. The summed E-state index contributed by atoms with van der Waals surface area (Å²) in [6.07, 6.45) is 0. The van der Waals surface area contributed by atoms with Crippen LogP contribution in [0.25, 0.3) is 0 Å². The number of ether oxygens (including phenoxy) is 2. The van der Waals surface area contributed by atoms with Crippen molar-refractivity contribution < 1.29 is 19.1 Å². The minimum atomic E-state index is -1.37. The summed E-state index contributed by atoms with van der Waals surface area (Å²) in [5.41, 5.74) is 0. The zero-order chi connectivity index (χ0) is 7.90. The molecule has 0 radical (unpaired) electrons. The van der Waals surface area contributed by atoms with Gasteiger partial charge in [0.1, 0.15) is 0 Å². The molecule has 0 unspecified atom stereocenters. The van der Waals surface area contributed by atoms with Crippen LogP contribution in [-0.2, 0) is 19.1 Å². The first-order chi connectivity index (χ1) is 5.22. The highest BCUT2D eigenvalue weighted by Crippen LogP contribution is 2.15. The number of nitrogens with one attached hydrogen (secondary N) is 2. The van der Waals surface area contributed by atoms with E-state index in [0.29, 0.717) is 13.2 Å². The Morgan fingerprint density at radius 1 is 1.09 bits per heavy atom. The predicted octanol–water partition coefficient (Wildman–Crippen LogP) is -2.11. The topological polar surface area (TPSA) is 76.7 Å². The van der Waals surface area contributed by atoms with Gasteiger partial charge in [-0.2, -0.15) is 0 Å². The molecule has 2 aliphatic rings. The Morgan fingerprint density at radius 2 is 1.55 bits per heavy atom. The van der Waals surface area contributed by atoms with Crippen LogP contribution >= 0.6 is 0 Å². The lowest BCUT2D eigenvalue weighted by Gasteiger charge is -2.18. The average Bonchev–Trinajstić information content (AvgIpc) is 2.46. The van der Waals surface area contributed by atoms with Gasteiger partial charge in [0, 0.05) is 0 Å². The molecule has 0 atom stereocenters. The van der Waals surface area contributed by atoms with Crippen LogP contribution in [0.1, 0.15) is 0 Å². The van der Waals surface area contributed by atoms with Gasteiger partial charge in [-0.1, -0.05) is 0 Å². The second-order valence-corrected chi connectivity index (χ2v) is 2.22. The Hall–Kier alpha value is -1.14. The minimum absolute atomic E-state index is 0.362. The number of hydrogen-bond donors (Lipinski definition) is 2. The summed E-state index contributed by atoms with van der Waals surface area (Å²) in [6.45, 7) is 0.723. The Labute approximate surface area is 61.8 Å². The highest BCUT2D eigenvalue weighted by molar-refractivity contribution is 6.37. The van der Waals surface area contributed by atoms with Gasteiger partial charge in [-0.05, 0) is 0 Å². The second-order valence-electron chi connectivity index (χ2n) is 2.22. The molecule has 11 heavy (non-hydrogen) atoms. The first-order valence-electron chi connectivity index (χ1n) is 3.14. The average molecular weight is 158 g/mol. The van der Waals surface area contributed by atoms with Crippen LogP contribution in [0.15, 0.2) is 0 Å². The number of carbonyl (C=O) groups excluding carboxylic acids is 2. The van der Waals surface area contributed by atoms with Crippen LogP contribution in [0, 0.1) is 0 Å². The van der Waals surface area contributed by atoms with Crippen molar-refractivity contribution in [2.75, 3.05) is 13.2 Å². The van der Waals surface area contributed by atoms with Gasteiger partial charge in [0.25, 0.3) is 0 Å². The van der Waals surface area contributed by atoms with Gasteiger partial charge < -0.3 is 9.47 Å². The predicted molar refractivity (Wildman–Crippen MR) is 30.9 cm³/mol. The van der Waals surface area contributed by atoms with Crippen LogP contribution in [0.4, 0.5) is 0 Å². The highest BCUT2D eigenvalue weighted by Gasteiger charge is 2.48. The number of rotatable bonds is 0. The fourth-order valence-corrected chi connectivity index (χ4v) is 1.00. The van der Waals surface area contributed by atoms with E-state index in [1.165, 1.54) is 0 Å². The molecule has 2 N–H and O–H groups in total. The summed E-state index contributed by atoms with van der Waals surface area (Å²) >= 11 is 0. The van der Waals surface area contributed by atoms with Crippen molar-refractivity contribution in [3.8, 4) is 0 Å². The van der Waals surface area contributed by atoms with Crippen molar-refractivity contribution in [3.63, 3.8) is 0 Å². The zero-order valence-corrected chi connectivity index (χ0v) is 5.55. The standard InChI is InChI=1S/C5H6N2O4/c8-3-4(9)7-5(6-3)10-1-2-11-5/h1-2H2,(H,6,8)(H,7,9). The molecule has 60 valence electrons. The maximum Gasteiger partial charge on any atom is 0.343 e. The van der Waals surface area contributed by atoms with E-state index < -0.39 is 17.8 Å². The Kier molecular flexibility index (Phi) is 1.15.